The van der Waals surface area contributed by atoms with E-state index in [1.54, 1.807) is 36.4 Å². The molecule has 0 saturated heterocycles. The number of para-hydroxylation sites is 2. The van der Waals surface area contributed by atoms with Crippen LogP contribution in [0.15, 0.2) is 59.1 Å². The van der Waals surface area contributed by atoms with Crippen molar-refractivity contribution in [1.82, 2.24) is 19.7 Å². The number of H-pyrrole nitrogens is 1. The van der Waals surface area contributed by atoms with E-state index >= 15 is 0 Å². The highest BCUT2D eigenvalue weighted by Gasteiger charge is 2.20. The minimum Gasteiger partial charge on any atom is -0.507 e. The number of carbonyl (C=O) groups is 1. The third-order valence-electron chi connectivity index (χ3n) is 5.65. The van der Waals surface area contributed by atoms with Crippen molar-refractivity contribution in [2.75, 3.05) is 6.61 Å². The van der Waals surface area contributed by atoms with Gasteiger partial charge in [0.25, 0.3) is 5.56 Å². The van der Waals surface area contributed by atoms with E-state index in [1.165, 1.54) is 4.68 Å². The Balaban J connectivity index is 1.59. The Kier molecular flexibility index (Phi) is 7.21. The molecule has 0 bridgehead atoms. The molecule has 0 radical (unpaired) electrons. The minimum atomic E-state index is -0.808. The Morgan fingerprint density at radius 1 is 1.11 bits per heavy atom. The van der Waals surface area contributed by atoms with Crippen molar-refractivity contribution in [3.05, 3.63) is 76.2 Å². The van der Waals surface area contributed by atoms with E-state index < -0.39 is 18.3 Å². The molecule has 0 saturated carbocycles. The van der Waals surface area contributed by atoms with Crippen LogP contribution in [0.1, 0.15) is 48.9 Å². The molecule has 9 nitrogen and oxygen atoms in total. The first-order valence-electron chi connectivity index (χ1n) is 11.5. The summed E-state index contributed by atoms with van der Waals surface area (Å²) >= 11 is 0. The Hall–Kier alpha value is -4.45. The Bertz CT molecular complexity index is 1480. The van der Waals surface area contributed by atoms with Gasteiger partial charge in [-0.1, -0.05) is 56.5 Å². The van der Waals surface area contributed by atoms with E-state index in [2.05, 4.69) is 22.0 Å². The van der Waals surface area contributed by atoms with Gasteiger partial charge >= 0.3 is 5.97 Å². The summed E-state index contributed by atoms with van der Waals surface area (Å²) < 4.78 is 6.59. The molecule has 0 unspecified atom stereocenters. The maximum absolute atomic E-state index is 13.0. The normalized spacial score (nSPS) is 11.9. The zero-order chi connectivity index (χ0) is 24.8. The first-order valence-corrected chi connectivity index (χ1v) is 11.5. The summed E-state index contributed by atoms with van der Waals surface area (Å²) in [6.45, 7) is 1.94. The number of hydrogen-bond acceptors (Lipinski definition) is 7. The van der Waals surface area contributed by atoms with Crippen LogP contribution in [0.2, 0.25) is 0 Å². The molecule has 2 aromatic carbocycles. The molecule has 2 heterocycles. The topological polar surface area (TPSA) is 134 Å². The molecule has 0 atom stereocenters. The number of aromatic amines is 1. The number of ether oxygens (including phenoxy) is 1. The fraction of sp³-hybridized carbons (Fsp3) is 0.269. The van der Waals surface area contributed by atoms with Crippen molar-refractivity contribution in [2.45, 2.75) is 39.2 Å². The molecular formula is C26H25N5O4. The highest BCUT2D eigenvalue weighted by Crippen LogP contribution is 2.20. The van der Waals surface area contributed by atoms with Crippen LogP contribution in [-0.2, 0) is 11.3 Å². The van der Waals surface area contributed by atoms with Crippen molar-refractivity contribution >= 4 is 33.3 Å². The number of aromatic nitrogens is 4. The van der Waals surface area contributed by atoms with E-state index in [4.69, 9.17) is 4.74 Å². The number of nitrogens with zero attached hydrogens (tertiary/aromatic N) is 4. The smallest absolute Gasteiger partial charge is 0.359 e. The molecule has 9 heteroatoms. The highest BCUT2D eigenvalue weighted by molar-refractivity contribution is 6.02. The standard InChI is InChI=1S/C26H25N5O4/c1-2-3-4-9-14-31-25(33)18-11-6-5-10-17(18)23(30-31)26(34)35-16-22(32)19(15-27)24-28-20-12-7-8-13-21(20)29-24/h5-8,10-13,32H,2-4,9,14,16H2,1H3,(H,28,29)/b22-19-. The number of allylic oxidation sites excluding steroid dienone is 1. The Labute approximate surface area is 201 Å². The third-order valence-corrected chi connectivity index (χ3v) is 5.65. The SMILES string of the molecule is CCCCCCn1nc(C(=O)OC/C(O)=C(\C#N)c2nc3ccccc3[nH]2)c2ccccc2c1=O. The van der Waals surface area contributed by atoms with Crippen LogP contribution in [-0.4, -0.2) is 37.4 Å². The second-order valence-electron chi connectivity index (χ2n) is 8.10. The minimum absolute atomic E-state index is 0.0225. The number of aliphatic hydroxyl groups excluding tert-OH is 1. The fourth-order valence-corrected chi connectivity index (χ4v) is 3.83. The molecule has 0 spiro atoms. The lowest BCUT2D eigenvalue weighted by atomic mass is 10.1. The summed E-state index contributed by atoms with van der Waals surface area (Å²) in [6, 6.07) is 15.8. The maximum atomic E-state index is 13.0. The van der Waals surface area contributed by atoms with Gasteiger partial charge in [-0.05, 0) is 24.6 Å². The van der Waals surface area contributed by atoms with Gasteiger partial charge in [-0.15, -0.1) is 0 Å². The molecule has 4 rings (SSSR count). The Morgan fingerprint density at radius 2 is 1.86 bits per heavy atom. The molecule has 0 aliphatic carbocycles. The van der Waals surface area contributed by atoms with Crippen molar-refractivity contribution in [1.29, 1.82) is 5.26 Å². The zero-order valence-electron chi connectivity index (χ0n) is 19.3. The van der Waals surface area contributed by atoms with Crippen molar-refractivity contribution in [3.8, 4) is 6.07 Å². The molecule has 178 valence electrons. The van der Waals surface area contributed by atoms with Crippen LogP contribution >= 0.6 is 0 Å². The second kappa shape index (κ2) is 10.7. The van der Waals surface area contributed by atoms with Gasteiger partial charge in [0.05, 0.1) is 16.4 Å². The van der Waals surface area contributed by atoms with E-state index in [0.29, 0.717) is 28.4 Å². The number of unbranched alkanes of at least 4 members (excludes halogenated alkanes) is 3. The van der Waals surface area contributed by atoms with Gasteiger partial charge in [0, 0.05) is 11.9 Å². The quantitative estimate of drug-likeness (QED) is 0.159. The number of aliphatic hydroxyl groups is 1. The van der Waals surface area contributed by atoms with Crippen LogP contribution in [0.25, 0.3) is 27.4 Å². The highest BCUT2D eigenvalue weighted by atomic mass is 16.5. The van der Waals surface area contributed by atoms with E-state index in [9.17, 15) is 20.0 Å². The molecule has 0 fully saturated rings. The van der Waals surface area contributed by atoms with Gasteiger partial charge in [-0.2, -0.15) is 10.4 Å². The summed E-state index contributed by atoms with van der Waals surface area (Å²) in [5.41, 5.74) is 0.917. The maximum Gasteiger partial charge on any atom is 0.359 e. The first-order chi connectivity index (χ1) is 17.0. The largest absolute Gasteiger partial charge is 0.507 e. The summed E-state index contributed by atoms with van der Waals surface area (Å²) in [5.74, 6) is -1.08. The molecule has 2 N–H and O–H groups in total. The van der Waals surface area contributed by atoms with Crippen LogP contribution in [0, 0.1) is 11.3 Å². The number of rotatable bonds is 9. The number of fused-ring (bicyclic) bond motifs is 2. The molecular weight excluding hydrogens is 446 g/mol. The Morgan fingerprint density at radius 3 is 2.60 bits per heavy atom. The molecule has 0 aliphatic rings. The molecule has 0 aliphatic heterocycles. The lowest BCUT2D eigenvalue weighted by molar-refractivity contribution is 0.0495. The number of carbonyl (C=O) groups excluding carboxylic acids is 1. The first kappa shape index (κ1) is 23.7. The van der Waals surface area contributed by atoms with Gasteiger partial charge in [0.15, 0.2) is 17.3 Å². The van der Waals surface area contributed by atoms with Crippen molar-refractivity contribution in [2.24, 2.45) is 0 Å². The van der Waals surface area contributed by atoms with Gasteiger partial charge < -0.3 is 14.8 Å². The van der Waals surface area contributed by atoms with E-state index in [1.807, 2.05) is 18.2 Å². The average molecular weight is 472 g/mol. The fourth-order valence-electron chi connectivity index (χ4n) is 3.83. The number of benzene rings is 2. The van der Waals surface area contributed by atoms with Gasteiger partial charge in [-0.25, -0.2) is 14.5 Å². The molecule has 4 aromatic rings. The number of aryl methyl sites for hydroxylation is 1. The third kappa shape index (κ3) is 5.06. The number of imidazole rings is 1. The van der Waals surface area contributed by atoms with Crippen LogP contribution in [0.5, 0.6) is 0 Å². The summed E-state index contributed by atoms with van der Waals surface area (Å²) in [6.07, 6.45) is 3.83. The van der Waals surface area contributed by atoms with Gasteiger partial charge in [-0.3, -0.25) is 4.79 Å². The van der Waals surface area contributed by atoms with Gasteiger partial charge in [0.2, 0.25) is 0 Å². The average Bonchev–Trinajstić information content (AvgIpc) is 3.30. The monoisotopic (exact) mass is 471 g/mol. The molecule has 0 amide bonds. The zero-order valence-corrected chi connectivity index (χ0v) is 19.3. The predicted molar refractivity (Wildman–Crippen MR) is 132 cm³/mol. The van der Waals surface area contributed by atoms with Crippen molar-refractivity contribution < 1.29 is 14.6 Å². The molecule has 35 heavy (non-hydrogen) atoms. The molecule has 2 aromatic heterocycles. The summed E-state index contributed by atoms with van der Waals surface area (Å²) in [7, 11) is 0. The predicted octanol–water partition coefficient (Wildman–Crippen LogP) is 4.50. The van der Waals surface area contributed by atoms with Crippen LogP contribution in [0.3, 0.4) is 0 Å². The number of nitriles is 1. The number of hydrogen-bond donors (Lipinski definition) is 2. The summed E-state index contributed by atoms with van der Waals surface area (Å²) in [4.78, 5) is 33.1. The summed E-state index contributed by atoms with van der Waals surface area (Å²) in [5, 5.41) is 25.1. The lowest BCUT2D eigenvalue weighted by Gasteiger charge is -2.11. The van der Waals surface area contributed by atoms with E-state index in [-0.39, 0.29) is 22.7 Å². The van der Waals surface area contributed by atoms with Crippen LogP contribution < -0.4 is 5.56 Å². The number of nitrogens with one attached hydrogen (secondary N) is 1. The van der Waals surface area contributed by atoms with Crippen LogP contribution in [0.4, 0.5) is 0 Å². The van der Waals surface area contributed by atoms with Gasteiger partial charge in [0.1, 0.15) is 18.2 Å². The van der Waals surface area contributed by atoms with E-state index in [0.717, 1.165) is 25.7 Å². The number of esters is 1. The lowest BCUT2D eigenvalue weighted by Crippen LogP contribution is -2.27. The van der Waals surface area contributed by atoms with Crippen molar-refractivity contribution in [3.63, 3.8) is 0 Å². The second-order valence-corrected chi connectivity index (χ2v) is 8.10.